The molecule has 30 heavy (non-hydrogen) atoms. The van der Waals surface area contributed by atoms with Crippen molar-refractivity contribution in [1.82, 2.24) is 14.8 Å². The van der Waals surface area contributed by atoms with Crippen molar-refractivity contribution in [3.05, 3.63) is 53.3 Å². The molecule has 0 spiro atoms. The van der Waals surface area contributed by atoms with Gasteiger partial charge < -0.3 is 14.4 Å². The summed E-state index contributed by atoms with van der Waals surface area (Å²) >= 11 is 6.10. The minimum absolute atomic E-state index is 0.00254. The summed E-state index contributed by atoms with van der Waals surface area (Å²) in [5.41, 5.74) is 0.539. The van der Waals surface area contributed by atoms with E-state index < -0.39 is 0 Å². The van der Waals surface area contributed by atoms with Crippen LogP contribution in [-0.2, 0) is 0 Å². The highest BCUT2D eigenvalue weighted by molar-refractivity contribution is 6.31. The molecule has 2 fully saturated rings. The number of benzene rings is 1. The fourth-order valence-electron chi connectivity index (χ4n) is 4.42. The number of carbonyl (C=O) groups is 1. The molecule has 2 saturated heterocycles. The maximum Gasteiger partial charge on any atom is 0.257 e. The lowest BCUT2D eigenvalue weighted by atomic mass is 9.98. The highest BCUT2D eigenvalue weighted by atomic mass is 35.5. The van der Waals surface area contributed by atoms with E-state index in [0.717, 1.165) is 57.6 Å². The Balaban J connectivity index is 1.27. The van der Waals surface area contributed by atoms with E-state index in [2.05, 4.69) is 9.88 Å². The molecule has 2 aromatic rings. The number of piperidine rings is 2. The molecule has 0 bridgehead atoms. The molecule has 2 aliphatic heterocycles. The van der Waals surface area contributed by atoms with Crippen LogP contribution in [0.4, 0.5) is 0 Å². The average Bonchev–Trinajstić information content (AvgIpc) is 2.80. The molecule has 160 valence electrons. The molecule has 3 heterocycles. The van der Waals surface area contributed by atoms with E-state index in [4.69, 9.17) is 21.1 Å². The Kier molecular flexibility index (Phi) is 6.75. The molecule has 1 aromatic carbocycles. The maximum atomic E-state index is 13.0. The zero-order valence-electron chi connectivity index (χ0n) is 17.3. The predicted octanol–water partition coefficient (Wildman–Crippen LogP) is 3.89. The van der Waals surface area contributed by atoms with E-state index in [-0.39, 0.29) is 12.0 Å². The van der Waals surface area contributed by atoms with Gasteiger partial charge in [0.15, 0.2) is 0 Å². The number of halogens is 1. The van der Waals surface area contributed by atoms with Gasteiger partial charge in [0.1, 0.15) is 17.6 Å². The van der Waals surface area contributed by atoms with Crippen LogP contribution in [-0.4, -0.2) is 66.1 Å². The van der Waals surface area contributed by atoms with Gasteiger partial charge >= 0.3 is 0 Å². The van der Waals surface area contributed by atoms with Gasteiger partial charge in [-0.15, -0.1) is 0 Å². The third-order valence-electron chi connectivity index (χ3n) is 6.09. The van der Waals surface area contributed by atoms with Gasteiger partial charge in [-0.1, -0.05) is 11.6 Å². The molecular formula is C23H28ClN3O3. The van der Waals surface area contributed by atoms with Gasteiger partial charge in [-0.3, -0.25) is 14.7 Å². The van der Waals surface area contributed by atoms with Gasteiger partial charge in [-0.2, -0.15) is 0 Å². The Morgan fingerprint density at radius 1 is 1.03 bits per heavy atom. The van der Waals surface area contributed by atoms with E-state index >= 15 is 0 Å². The Morgan fingerprint density at radius 3 is 2.40 bits per heavy atom. The summed E-state index contributed by atoms with van der Waals surface area (Å²) in [6, 6.07) is 9.54. The van der Waals surface area contributed by atoms with Crippen LogP contribution in [0.15, 0.2) is 42.7 Å². The summed E-state index contributed by atoms with van der Waals surface area (Å²) in [5.74, 6) is 1.46. The number of nitrogens with zero attached hydrogens (tertiary/aromatic N) is 3. The summed E-state index contributed by atoms with van der Waals surface area (Å²) in [6.07, 6.45) is 7.83. The second-order valence-electron chi connectivity index (χ2n) is 7.90. The number of rotatable bonds is 5. The van der Waals surface area contributed by atoms with E-state index in [9.17, 15) is 4.79 Å². The molecule has 0 unspecified atom stereocenters. The van der Waals surface area contributed by atoms with Crippen molar-refractivity contribution in [2.24, 2.45) is 0 Å². The van der Waals surface area contributed by atoms with Gasteiger partial charge in [0.25, 0.3) is 5.91 Å². The summed E-state index contributed by atoms with van der Waals surface area (Å²) in [4.78, 5) is 21.5. The summed E-state index contributed by atoms with van der Waals surface area (Å²) in [6.45, 7) is 3.59. The van der Waals surface area contributed by atoms with Crippen LogP contribution < -0.4 is 9.47 Å². The lowest BCUT2D eigenvalue weighted by Crippen LogP contribution is -2.50. The van der Waals surface area contributed by atoms with Crippen LogP contribution in [0.25, 0.3) is 0 Å². The fourth-order valence-corrected chi connectivity index (χ4v) is 4.59. The van der Waals surface area contributed by atoms with Crippen molar-refractivity contribution in [2.75, 3.05) is 33.3 Å². The first-order valence-electron chi connectivity index (χ1n) is 10.6. The van der Waals surface area contributed by atoms with Gasteiger partial charge in [0.05, 0.1) is 12.7 Å². The fraction of sp³-hybridized carbons (Fsp3) is 0.478. The van der Waals surface area contributed by atoms with Gasteiger partial charge in [-0.25, -0.2) is 0 Å². The number of pyridine rings is 1. The highest BCUT2D eigenvalue weighted by Crippen LogP contribution is 2.27. The topological polar surface area (TPSA) is 54.9 Å². The third kappa shape index (κ3) is 4.87. The first kappa shape index (κ1) is 20.9. The zero-order chi connectivity index (χ0) is 20.9. The second-order valence-corrected chi connectivity index (χ2v) is 8.34. The summed E-state index contributed by atoms with van der Waals surface area (Å²) in [7, 11) is 1.58. The number of ether oxygens (including phenoxy) is 2. The minimum Gasteiger partial charge on any atom is -0.496 e. The van der Waals surface area contributed by atoms with Gasteiger partial charge in [0, 0.05) is 49.6 Å². The molecule has 1 amide bonds. The van der Waals surface area contributed by atoms with Crippen LogP contribution in [0.5, 0.6) is 11.5 Å². The first-order chi connectivity index (χ1) is 14.6. The number of methoxy groups -OCH3 is 1. The molecule has 0 saturated carbocycles. The second kappa shape index (κ2) is 9.67. The number of hydrogen-bond acceptors (Lipinski definition) is 5. The monoisotopic (exact) mass is 429 g/mol. The largest absolute Gasteiger partial charge is 0.496 e. The molecule has 2 aliphatic rings. The van der Waals surface area contributed by atoms with Crippen molar-refractivity contribution in [2.45, 2.75) is 37.8 Å². The first-order valence-corrected chi connectivity index (χ1v) is 11.0. The van der Waals surface area contributed by atoms with Gasteiger partial charge in [0.2, 0.25) is 0 Å². The van der Waals surface area contributed by atoms with E-state index in [1.165, 1.54) is 0 Å². The Labute approximate surface area is 182 Å². The molecule has 0 radical (unpaired) electrons. The number of carbonyl (C=O) groups excluding carboxylic acids is 1. The maximum absolute atomic E-state index is 13.0. The van der Waals surface area contributed by atoms with Crippen molar-refractivity contribution in [3.8, 4) is 11.5 Å². The SMILES string of the molecule is COc1ccc(Cl)cc1C(=O)N1CCC(N2CCC(Oc3ccncc3)CC2)CC1. The van der Waals surface area contributed by atoms with Crippen LogP contribution in [0.3, 0.4) is 0 Å². The van der Waals surface area contributed by atoms with E-state index in [1.54, 1.807) is 37.7 Å². The highest BCUT2D eigenvalue weighted by Gasteiger charge is 2.31. The number of likely N-dealkylation sites (tertiary alicyclic amines) is 2. The van der Waals surface area contributed by atoms with Crippen molar-refractivity contribution < 1.29 is 14.3 Å². The Bertz CT molecular complexity index is 848. The van der Waals surface area contributed by atoms with E-state index in [1.807, 2.05) is 17.0 Å². The summed E-state index contributed by atoms with van der Waals surface area (Å²) in [5, 5.41) is 0.547. The Morgan fingerprint density at radius 2 is 1.73 bits per heavy atom. The minimum atomic E-state index is -0.00254. The van der Waals surface area contributed by atoms with Crippen molar-refractivity contribution in [3.63, 3.8) is 0 Å². The van der Waals surface area contributed by atoms with Gasteiger partial charge in [-0.05, 0) is 56.0 Å². The smallest absolute Gasteiger partial charge is 0.257 e. The van der Waals surface area contributed by atoms with Crippen molar-refractivity contribution in [1.29, 1.82) is 0 Å². The molecular weight excluding hydrogens is 402 g/mol. The molecule has 6 nitrogen and oxygen atoms in total. The van der Waals surface area contributed by atoms with Crippen LogP contribution in [0.2, 0.25) is 5.02 Å². The lowest BCUT2D eigenvalue weighted by Gasteiger charge is -2.41. The molecule has 0 aliphatic carbocycles. The van der Waals surface area contributed by atoms with Crippen molar-refractivity contribution >= 4 is 17.5 Å². The van der Waals surface area contributed by atoms with Crippen LogP contribution in [0, 0.1) is 0 Å². The third-order valence-corrected chi connectivity index (χ3v) is 6.32. The molecule has 0 N–H and O–H groups in total. The number of aromatic nitrogens is 1. The zero-order valence-corrected chi connectivity index (χ0v) is 18.1. The van der Waals surface area contributed by atoms with Crippen LogP contribution in [0.1, 0.15) is 36.0 Å². The number of amides is 1. The van der Waals surface area contributed by atoms with Crippen LogP contribution >= 0.6 is 11.6 Å². The lowest BCUT2D eigenvalue weighted by molar-refractivity contribution is 0.0424. The average molecular weight is 430 g/mol. The Hall–Kier alpha value is -2.31. The predicted molar refractivity (Wildman–Crippen MR) is 116 cm³/mol. The number of hydrogen-bond donors (Lipinski definition) is 0. The quantitative estimate of drug-likeness (QED) is 0.721. The molecule has 7 heteroatoms. The molecule has 1 aromatic heterocycles. The normalized spacial score (nSPS) is 18.9. The summed E-state index contributed by atoms with van der Waals surface area (Å²) < 4.78 is 11.4. The molecule has 4 rings (SSSR count). The van der Waals surface area contributed by atoms with E-state index in [0.29, 0.717) is 22.4 Å². The standard InChI is InChI=1S/C23H28ClN3O3/c1-29-22-3-2-17(24)16-21(22)23(28)27-12-6-18(7-13-27)26-14-8-20(9-15-26)30-19-4-10-25-11-5-19/h2-5,10-11,16,18,20H,6-9,12-15H2,1H3. The molecule has 0 atom stereocenters.